The minimum Gasteiger partial charge on any atom is -0.354 e. The zero-order valence-electron chi connectivity index (χ0n) is 11.0. The van der Waals surface area contributed by atoms with Crippen molar-refractivity contribution in [2.24, 2.45) is 0 Å². The highest BCUT2D eigenvalue weighted by molar-refractivity contribution is 7.71. The highest BCUT2D eigenvalue weighted by Crippen LogP contribution is 2.30. The Morgan fingerprint density at radius 2 is 2.28 bits per heavy atom. The Morgan fingerprint density at radius 1 is 1.56 bits per heavy atom. The average Bonchev–Trinajstić information content (AvgIpc) is 2.94. The molecule has 2 heterocycles. The van der Waals surface area contributed by atoms with Gasteiger partial charge >= 0.3 is 0 Å². The molecular weight excluding hydrogens is 266 g/mol. The third-order valence-corrected chi connectivity index (χ3v) is 4.28. The van der Waals surface area contributed by atoms with Gasteiger partial charge in [0.05, 0.1) is 11.1 Å². The van der Waals surface area contributed by atoms with E-state index in [9.17, 15) is 0 Å². The van der Waals surface area contributed by atoms with Crippen molar-refractivity contribution in [1.29, 1.82) is 0 Å². The Labute approximate surface area is 115 Å². The predicted molar refractivity (Wildman–Crippen MR) is 77.8 cm³/mol. The van der Waals surface area contributed by atoms with Crippen molar-refractivity contribution >= 4 is 28.7 Å². The standard InChI is InChI=1S/C11H17N5S2/c1-5-7(2)16-9(13-14-10(16)17)8-6-12-11(18-8)15(3)4/h6-7H,5H2,1-4H3,(H,14,17). The summed E-state index contributed by atoms with van der Waals surface area (Å²) in [6.07, 6.45) is 2.87. The van der Waals surface area contributed by atoms with E-state index in [-0.39, 0.29) is 0 Å². The van der Waals surface area contributed by atoms with E-state index in [2.05, 4.69) is 33.6 Å². The van der Waals surface area contributed by atoms with Crippen LogP contribution in [0.5, 0.6) is 0 Å². The van der Waals surface area contributed by atoms with Gasteiger partial charge in [0.25, 0.3) is 0 Å². The van der Waals surface area contributed by atoms with Gasteiger partial charge in [0.15, 0.2) is 15.7 Å². The largest absolute Gasteiger partial charge is 0.354 e. The molecule has 0 spiro atoms. The molecule has 7 heteroatoms. The molecule has 0 amide bonds. The molecule has 0 aliphatic rings. The van der Waals surface area contributed by atoms with E-state index in [0.717, 1.165) is 22.3 Å². The van der Waals surface area contributed by atoms with Crippen LogP contribution in [0.1, 0.15) is 26.3 Å². The Bertz CT molecular complexity index is 580. The lowest BCUT2D eigenvalue weighted by Gasteiger charge is -2.12. The van der Waals surface area contributed by atoms with Crippen LogP contribution in [0.3, 0.4) is 0 Å². The van der Waals surface area contributed by atoms with Gasteiger partial charge in [-0.1, -0.05) is 18.3 Å². The quantitative estimate of drug-likeness (QED) is 0.876. The fourth-order valence-corrected chi connectivity index (χ4v) is 2.78. The summed E-state index contributed by atoms with van der Waals surface area (Å²) in [5, 5.41) is 8.16. The molecule has 0 bridgehead atoms. The molecule has 2 aromatic rings. The lowest BCUT2D eigenvalue weighted by atomic mass is 10.2. The maximum Gasteiger partial charge on any atom is 0.195 e. The molecule has 98 valence electrons. The van der Waals surface area contributed by atoms with Crippen LogP contribution >= 0.6 is 23.6 Å². The van der Waals surface area contributed by atoms with E-state index in [1.165, 1.54) is 0 Å². The van der Waals surface area contributed by atoms with E-state index in [4.69, 9.17) is 12.2 Å². The van der Waals surface area contributed by atoms with Gasteiger partial charge in [-0.2, -0.15) is 5.10 Å². The van der Waals surface area contributed by atoms with Crippen molar-refractivity contribution in [2.45, 2.75) is 26.3 Å². The fourth-order valence-electron chi connectivity index (χ4n) is 1.65. The summed E-state index contributed by atoms with van der Waals surface area (Å²) < 4.78 is 2.72. The van der Waals surface area contributed by atoms with Crippen molar-refractivity contribution in [2.75, 3.05) is 19.0 Å². The number of nitrogens with one attached hydrogen (secondary N) is 1. The lowest BCUT2D eigenvalue weighted by Crippen LogP contribution is -2.07. The number of hydrogen-bond donors (Lipinski definition) is 1. The summed E-state index contributed by atoms with van der Waals surface area (Å²) in [4.78, 5) is 7.39. The fraction of sp³-hybridized carbons (Fsp3) is 0.545. The van der Waals surface area contributed by atoms with Gasteiger partial charge in [0, 0.05) is 20.1 Å². The summed E-state index contributed by atoms with van der Waals surface area (Å²) in [6, 6.07) is 0.330. The smallest absolute Gasteiger partial charge is 0.195 e. The van der Waals surface area contributed by atoms with E-state index in [0.29, 0.717) is 10.8 Å². The Morgan fingerprint density at radius 3 is 2.83 bits per heavy atom. The number of aromatic nitrogens is 4. The molecule has 2 rings (SSSR count). The van der Waals surface area contributed by atoms with E-state index in [1.807, 2.05) is 25.2 Å². The van der Waals surface area contributed by atoms with Gasteiger partial charge < -0.3 is 4.90 Å². The molecule has 0 radical (unpaired) electrons. The summed E-state index contributed by atoms with van der Waals surface area (Å²) in [5.74, 6) is 0.875. The van der Waals surface area contributed by atoms with Crippen LogP contribution in [0.15, 0.2) is 6.20 Å². The average molecular weight is 283 g/mol. The number of anilines is 1. The minimum atomic E-state index is 0.330. The normalized spacial score (nSPS) is 12.7. The zero-order chi connectivity index (χ0) is 13.3. The maximum absolute atomic E-state index is 5.29. The first-order valence-corrected chi connectivity index (χ1v) is 7.07. The van der Waals surface area contributed by atoms with E-state index in [1.54, 1.807) is 11.3 Å². The van der Waals surface area contributed by atoms with Crippen LogP contribution < -0.4 is 4.90 Å². The predicted octanol–water partition coefficient (Wildman–Crippen LogP) is 3.10. The monoisotopic (exact) mass is 283 g/mol. The Hall–Kier alpha value is -1.21. The third-order valence-electron chi connectivity index (χ3n) is 2.83. The number of aromatic amines is 1. The van der Waals surface area contributed by atoms with Crippen molar-refractivity contribution in [1.82, 2.24) is 19.7 Å². The highest BCUT2D eigenvalue weighted by Gasteiger charge is 2.16. The van der Waals surface area contributed by atoms with Gasteiger partial charge in [0.2, 0.25) is 0 Å². The molecule has 5 nitrogen and oxygen atoms in total. The number of H-pyrrole nitrogens is 1. The summed E-state index contributed by atoms with van der Waals surface area (Å²) in [6.45, 7) is 4.28. The molecule has 18 heavy (non-hydrogen) atoms. The van der Waals surface area contributed by atoms with Gasteiger partial charge in [0.1, 0.15) is 0 Å². The molecule has 1 atom stereocenters. The van der Waals surface area contributed by atoms with Gasteiger partial charge in [-0.3, -0.25) is 9.67 Å². The molecule has 2 aromatic heterocycles. The second kappa shape index (κ2) is 5.19. The van der Waals surface area contributed by atoms with Crippen LogP contribution in [0.4, 0.5) is 5.13 Å². The first-order chi connectivity index (χ1) is 8.54. The maximum atomic E-state index is 5.29. The summed E-state index contributed by atoms with van der Waals surface area (Å²) >= 11 is 6.91. The van der Waals surface area contributed by atoms with Crippen molar-refractivity contribution in [3.8, 4) is 10.7 Å². The second-order valence-corrected chi connectivity index (χ2v) is 5.78. The minimum absolute atomic E-state index is 0.330. The number of rotatable bonds is 4. The van der Waals surface area contributed by atoms with Crippen molar-refractivity contribution < 1.29 is 0 Å². The summed E-state index contributed by atoms with van der Waals surface area (Å²) in [7, 11) is 3.96. The second-order valence-electron chi connectivity index (χ2n) is 4.38. The Balaban J connectivity index is 2.47. The first-order valence-electron chi connectivity index (χ1n) is 5.85. The first kappa shape index (κ1) is 13.2. The molecule has 1 unspecified atom stereocenters. The van der Waals surface area contributed by atoms with Crippen LogP contribution in [0.25, 0.3) is 10.7 Å². The highest BCUT2D eigenvalue weighted by atomic mass is 32.1. The van der Waals surface area contributed by atoms with Gasteiger partial charge in [-0.25, -0.2) is 4.98 Å². The Kier molecular flexibility index (Phi) is 3.82. The van der Waals surface area contributed by atoms with E-state index < -0.39 is 0 Å². The molecule has 0 fully saturated rings. The van der Waals surface area contributed by atoms with Crippen LogP contribution in [0, 0.1) is 4.77 Å². The topological polar surface area (TPSA) is 49.7 Å². The SMILES string of the molecule is CCC(C)n1c(-c2cnc(N(C)C)s2)n[nH]c1=S. The molecule has 0 aliphatic heterocycles. The van der Waals surface area contributed by atoms with Crippen LogP contribution in [-0.4, -0.2) is 33.8 Å². The zero-order valence-corrected chi connectivity index (χ0v) is 12.6. The molecule has 0 saturated carbocycles. The lowest BCUT2D eigenvalue weighted by molar-refractivity contribution is 0.529. The third kappa shape index (κ3) is 2.32. The van der Waals surface area contributed by atoms with E-state index >= 15 is 0 Å². The van der Waals surface area contributed by atoms with Crippen LogP contribution in [-0.2, 0) is 0 Å². The molecular formula is C11H17N5S2. The molecule has 0 aromatic carbocycles. The van der Waals surface area contributed by atoms with Crippen molar-refractivity contribution in [3.05, 3.63) is 11.0 Å². The molecule has 0 aliphatic carbocycles. The molecule has 1 N–H and O–H groups in total. The summed E-state index contributed by atoms with van der Waals surface area (Å²) in [5.41, 5.74) is 0. The number of thiazole rings is 1. The van der Waals surface area contributed by atoms with Gasteiger partial charge in [-0.15, -0.1) is 0 Å². The van der Waals surface area contributed by atoms with Gasteiger partial charge in [-0.05, 0) is 25.6 Å². The molecule has 0 saturated heterocycles. The van der Waals surface area contributed by atoms with Crippen molar-refractivity contribution in [3.63, 3.8) is 0 Å². The number of hydrogen-bond acceptors (Lipinski definition) is 5. The number of nitrogens with zero attached hydrogens (tertiary/aromatic N) is 4. The van der Waals surface area contributed by atoms with Crippen LogP contribution in [0.2, 0.25) is 0 Å².